The summed E-state index contributed by atoms with van der Waals surface area (Å²) in [4.78, 5) is 64.7. The number of allylic oxidation sites excluding steroid dienone is 2. The van der Waals surface area contributed by atoms with E-state index in [1.807, 2.05) is 0 Å². The quantitative estimate of drug-likeness (QED) is 0.115. The number of amides is 4. The first kappa shape index (κ1) is 30.5. The summed E-state index contributed by atoms with van der Waals surface area (Å²) in [5.41, 5.74) is 0.362. The number of hydrogen-bond acceptors (Lipinski definition) is 7. The molecule has 14 heteroatoms. The summed E-state index contributed by atoms with van der Waals surface area (Å²) in [5.74, 6) is -7.91. The number of imide groups is 2. The van der Waals surface area contributed by atoms with Crippen LogP contribution in [-0.2, 0) is 19.2 Å². The molecule has 10 nitrogen and oxygen atoms in total. The average Bonchev–Trinajstić information content (AvgIpc) is 3.37. The highest BCUT2D eigenvalue weighted by Gasteiger charge is 2.77. The van der Waals surface area contributed by atoms with Crippen LogP contribution in [0.4, 0.5) is 21.5 Å². The second-order valence-electron chi connectivity index (χ2n) is 11.7. The molecule has 2 heterocycles. The van der Waals surface area contributed by atoms with Crippen molar-refractivity contribution in [1.82, 2.24) is 0 Å². The fraction of sp³-hybridized carbons (Fsp3) is 0.250. The molecule has 7 rings (SSSR count). The zero-order chi connectivity index (χ0) is 32.9. The lowest BCUT2D eigenvalue weighted by Crippen LogP contribution is -2.60. The maximum atomic E-state index is 14.4. The van der Waals surface area contributed by atoms with E-state index in [9.17, 15) is 38.8 Å². The van der Waals surface area contributed by atoms with Gasteiger partial charge in [-0.1, -0.05) is 33.6 Å². The molecule has 1 N–H and O–H groups in total. The van der Waals surface area contributed by atoms with Crippen molar-refractivity contribution in [2.75, 3.05) is 9.80 Å². The molecular weight excluding hydrogens is 708 g/mol. The lowest BCUT2D eigenvalue weighted by atomic mass is 9.56. The minimum Gasteiger partial charge on any atom is -0.508 e. The Hall–Kier alpha value is -4.13. The molecule has 0 radical (unpaired) electrons. The van der Waals surface area contributed by atoms with Crippen molar-refractivity contribution in [3.8, 4) is 5.75 Å². The van der Waals surface area contributed by atoms with Gasteiger partial charge in [-0.05, 0) is 67.3 Å². The van der Waals surface area contributed by atoms with Crippen LogP contribution in [-0.4, -0.2) is 43.4 Å². The van der Waals surface area contributed by atoms with Gasteiger partial charge in [0.1, 0.15) is 11.6 Å². The molecular formula is C32H21BrCl2FN3O7. The van der Waals surface area contributed by atoms with Crippen LogP contribution >= 0.6 is 39.1 Å². The number of non-ortho nitro benzene ring substituents is 1. The molecule has 4 amide bonds. The number of alkyl halides is 2. The van der Waals surface area contributed by atoms with Gasteiger partial charge in [0.05, 0.1) is 28.1 Å². The van der Waals surface area contributed by atoms with Crippen LogP contribution in [0.3, 0.4) is 0 Å². The smallest absolute Gasteiger partial charge is 0.271 e. The molecule has 0 unspecified atom stereocenters. The van der Waals surface area contributed by atoms with Crippen molar-refractivity contribution in [1.29, 1.82) is 0 Å². The number of hydrogen-bond donors (Lipinski definition) is 1. The molecule has 1 saturated carbocycles. The second kappa shape index (κ2) is 10.4. The van der Waals surface area contributed by atoms with Gasteiger partial charge >= 0.3 is 0 Å². The zero-order valence-electron chi connectivity index (χ0n) is 23.4. The van der Waals surface area contributed by atoms with E-state index >= 15 is 0 Å². The highest BCUT2D eigenvalue weighted by molar-refractivity contribution is 9.10. The van der Waals surface area contributed by atoms with E-state index in [1.54, 1.807) is 18.2 Å². The molecule has 3 fully saturated rings. The van der Waals surface area contributed by atoms with Crippen molar-refractivity contribution in [3.05, 3.63) is 104 Å². The number of phenols is 1. The van der Waals surface area contributed by atoms with Gasteiger partial charge in [0.15, 0.2) is 9.75 Å². The SMILES string of the molecule is O=C1[C@H]2[C@H](CC=C3[C@H]2C[C@@]2(Cl)C(=O)N(c4ccc(F)cc4)C(=O)[C@@]2(Cl)[C@H]3c2cc(Br)ccc2O)C(=O)N1c1cccc([N+](=O)[O-])c1. The molecule has 4 aliphatic rings. The van der Waals surface area contributed by atoms with Crippen LogP contribution in [0.25, 0.3) is 0 Å². The number of halogens is 4. The molecule has 3 aromatic carbocycles. The largest absolute Gasteiger partial charge is 0.508 e. The van der Waals surface area contributed by atoms with E-state index in [1.165, 1.54) is 36.4 Å². The molecule has 0 bridgehead atoms. The van der Waals surface area contributed by atoms with Gasteiger partial charge in [0.2, 0.25) is 11.8 Å². The third kappa shape index (κ3) is 4.06. The lowest BCUT2D eigenvalue weighted by molar-refractivity contribution is -0.384. The maximum absolute atomic E-state index is 14.4. The van der Waals surface area contributed by atoms with Crippen molar-refractivity contribution in [3.63, 3.8) is 0 Å². The lowest BCUT2D eigenvalue weighted by Gasteiger charge is -2.50. The molecule has 0 aromatic heterocycles. The Morgan fingerprint density at radius 3 is 2.33 bits per heavy atom. The fourth-order valence-electron chi connectivity index (χ4n) is 7.50. The second-order valence-corrected chi connectivity index (χ2v) is 13.9. The van der Waals surface area contributed by atoms with Crippen LogP contribution in [0.15, 0.2) is 82.9 Å². The van der Waals surface area contributed by atoms with E-state index in [0.29, 0.717) is 10.0 Å². The first-order chi connectivity index (χ1) is 21.8. The highest BCUT2D eigenvalue weighted by atomic mass is 79.9. The molecule has 3 aromatic rings. The predicted octanol–water partition coefficient (Wildman–Crippen LogP) is 5.97. The number of carbonyl (C=O) groups excluding carboxylic acids is 4. The van der Waals surface area contributed by atoms with Gasteiger partial charge in [0, 0.05) is 28.1 Å². The number of nitro groups is 1. The number of benzene rings is 3. The number of nitro benzene ring substituents is 1. The number of rotatable bonds is 4. The number of nitrogens with zero attached hydrogens (tertiary/aromatic N) is 3. The summed E-state index contributed by atoms with van der Waals surface area (Å²) >= 11 is 18.0. The Labute approximate surface area is 278 Å². The van der Waals surface area contributed by atoms with Crippen molar-refractivity contribution < 1.29 is 33.6 Å². The number of anilines is 2. The maximum Gasteiger partial charge on any atom is 0.271 e. The normalized spacial score (nSPS) is 30.2. The molecule has 234 valence electrons. The topological polar surface area (TPSA) is 138 Å². The van der Waals surface area contributed by atoms with Crippen LogP contribution in [0.1, 0.15) is 24.3 Å². The summed E-state index contributed by atoms with van der Waals surface area (Å²) < 4.78 is 14.3. The van der Waals surface area contributed by atoms with Gasteiger partial charge in [0.25, 0.3) is 17.5 Å². The Morgan fingerprint density at radius 2 is 1.63 bits per heavy atom. The average molecular weight is 729 g/mol. The summed E-state index contributed by atoms with van der Waals surface area (Å²) in [5, 5.41) is 22.6. The van der Waals surface area contributed by atoms with Crippen LogP contribution < -0.4 is 9.80 Å². The summed E-state index contributed by atoms with van der Waals surface area (Å²) in [7, 11) is 0. The third-order valence-corrected chi connectivity index (χ3v) is 11.4. The fourth-order valence-corrected chi connectivity index (χ4v) is 8.81. The van der Waals surface area contributed by atoms with Crippen molar-refractivity contribution in [2.24, 2.45) is 17.8 Å². The number of carbonyl (C=O) groups is 4. The summed E-state index contributed by atoms with van der Waals surface area (Å²) in [6, 6.07) is 14.3. The van der Waals surface area contributed by atoms with Gasteiger partial charge in [-0.25, -0.2) is 14.2 Å². The molecule has 2 saturated heterocycles. The van der Waals surface area contributed by atoms with Crippen LogP contribution in [0.5, 0.6) is 5.75 Å². The Bertz CT molecular complexity index is 1940. The van der Waals surface area contributed by atoms with E-state index in [2.05, 4.69) is 15.9 Å². The molecule has 0 spiro atoms. The molecule has 2 aliphatic heterocycles. The number of fused-ring (bicyclic) bond motifs is 4. The van der Waals surface area contributed by atoms with E-state index in [-0.39, 0.29) is 41.2 Å². The van der Waals surface area contributed by atoms with Crippen LogP contribution in [0, 0.1) is 33.7 Å². The van der Waals surface area contributed by atoms with E-state index < -0.39 is 67.8 Å². The van der Waals surface area contributed by atoms with Gasteiger partial charge in [-0.3, -0.25) is 29.3 Å². The first-order valence-electron chi connectivity index (χ1n) is 14.1. The zero-order valence-corrected chi connectivity index (χ0v) is 26.5. The number of phenolic OH excluding ortho intramolecular Hbond substituents is 1. The van der Waals surface area contributed by atoms with E-state index in [0.717, 1.165) is 28.0 Å². The third-order valence-electron chi connectivity index (χ3n) is 9.50. The number of aromatic hydroxyl groups is 1. The van der Waals surface area contributed by atoms with Gasteiger partial charge in [-0.2, -0.15) is 0 Å². The minimum absolute atomic E-state index is 0.0269. The highest BCUT2D eigenvalue weighted by Crippen LogP contribution is 2.66. The monoisotopic (exact) mass is 727 g/mol. The molecule has 6 atom stereocenters. The van der Waals surface area contributed by atoms with E-state index in [4.69, 9.17) is 23.2 Å². The van der Waals surface area contributed by atoms with Crippen molar-refractivity contribution >= 4 is 79.8 Å². The summed E-state index contributed by atoms with van der Waals surface area (Å²) in [6.07, 6.45) is 1.45. The van der Waals surface area contributed by atoms with Crippen molar-refractivity contribution in [2.45, 2.75) is 28.5 Å². The van der Waals surface area contributed by atoms with Gasteiger partial charge in [-0.15, -0.1) is 23.2 Å². The minimum atomic E-state index is -2.21. The predicted molar refractivity (Wildman–Crippen MR) is 168 cm³/mol. The van der Waals surface area contributed by atoms with Gasteiger partial charge < -0.3 is 5.11 Å². The standard InChI is InChI=1S/C32H21BrCl2FN3O7/c33-15-4-11-24(40)22(12-15)26-20-9-10-21-25(28(42)37(27(21)41)18-2-1-3-19(13-18)39(45)46)23(20)14-31(34)29(43)38(30(44)32(26,31)35)17-7-5-16(36)6-8-17/h1-9,11-13,21,23,25-26,40H,10,14H2/t21-,23+,25-,26+,31+,32-/m0/s1. The Morgan fingerprint density at radius 1 is 0.913 bits per heavy atom. The Balaban J connectivity index is 1.40. The molecule has 2 aliphatic carbocycles. The molecule has 46 heavy (non-hydrogen) atoms. The Kier molecular flexibility index (Phi) is 6.93. The first-order valence-corrected chi connectivity index (χ1v) is 15.7. The van der Waals surface area contributed by atoms with Crippen LogP contribution in [0.2, 0.25) is 0 Å². The summed E-state index contributed by atoms with van der Waals surface area (Å²) in [6.45, 7) is 0.